The molecule has 28 heavy (non-hydrogen) atoms. The molecular weight excluding hydrogens is 350 g/mol. The number of carbonyl (C=O) groups excluding carboxylic acids is 1. The Morgan fingerprint density at radius 2 is 2.14 bits per heavy atom. The van der Waals surface area contributed by atoms with Crippen LogP contribution in [0.4, 0.5) is 0 Å². The van der Waals surface area contributed by atoms with E-state index in [1.807, 2.05) is 20.9 Å². The van der Waals surface area contributed by atoms with E-state index in [-0.39, 0.29) is 11.8 Å². The minimum Gasteiger partial charge on any atom is -0.351 e. The highest BCUT2D eigenvalue weighted by atomic mass is 16.5. The van der Waals surface area contributed by atoms with Gasteiger partial charge in [0.2, 0.25) is 5.76 Å². The molecule has 1 aromatic heterocycles. The monoisotopic (exact) mass is 383 g/mol. The molecule has 1 aliphatic rings. The quantitative estimate of drug-likeness (QED) is 0.721. The van der Waals surface area contributed by atoms with E-state index in [9.17, 15) is 4.79 Å². The summed E-state index contributed by atoms with van der Waals surface area (Å²) in [5, 5.41) is 4.01. The first kappa shape index (κ1) is 20.6. The largest absolute Gasteiger partial charge is 0.351 e. The molecule has 152 valence electrons. The Morgan fingerprint density at radius 1 is 1.36 bits per heavy atom. The van der Waals surface area contributed by atoms with E-state index in [4.69, 9.17) is 4.52 Å². The molecule has 1 atom stereocenters. The lowest BCUT2D eigenvalue weighted by Crippen LogP contribution is -2.42. The van der Waals surface area contributed by atoms with Crippen LogP contribution in [0.15, 0.2) is 34.9 Å². The molecule has 0 bridgehead atoms. The zero-order valence-corrected chi connectivity index (χ0v) is 17.6. The van der Waals surface area contributed by atoms with Crippen LogP contribution in [0.25, 0.3) is 0 Å². The van der Waals surface area contributed by atoms with Crippen LogP contribution in [0, 0.1) is 12.8 Å². The topological polar surface area (TPSA) is 49.6 Å². The van der Waals surface area contributed by atoms with Gasteiger partial charge in [-0.1, -0.05) is 43.3 Å². The normalized spacial score (nSPS) is 17.8. The molecule has 1 fully saturated rings. The van der Waals surface area contributed by atoms with Gasteiger partial charge < -0.3 is 14.3 Å². The minimum atomic E-state index is -0.0727. The van der Waals surface area contributed by atoms with Crippen molar-refractivity contribution >= 4 is 5.91 Å². The molecule has 0 spiro atoms. The molecule has 0 N–H and O–H groups in total. The van der Waals surface area contributed by atoms with E-state index in [0.717, 1.165) is 38.3 Å². The van der Waals surface area contributed by atoms with E-state index >= 15 is 0 Å². The van der Waals surface area contributed by atoms with Gasteiger partial charge in [0.05, 0.1) is 5.69 Å². The van der Waals surface area contributed by atoms with Crippen LogP contribution >= 0.6 is 0 Å². The highest BCUT2D eigenvalue weighted by molar-refractivity contribution is 5.91. The molecule has 2 aromatic rings. The van der Waals surface area contributed by atoms with Crippen molar-refractivity contribution in [1.29, 1.82) is 0 Å². The fraction of sp³-hybridized carbons (Fsp3) is 0.565. The summed E-state index contributed by atoms with van der Waals surface area (Å²) in [6, 6.07) is 10.4. The van der Waals surface area contributed by atoms with Crippen molar-refractivity contribution < 1.29 is 9.32 Å². The zero-order valence-electron chi connectivity index (χ0n) is 17.6. The molecule has 5 nitrogen and oxygen atoms in total. The van der Waals surface area contributed by atoms with E-state index in [2.05, 4.69) is 41.2 Å². The Labute approximate surface area is 168 Å². The molecule has 5 heteroatoms. The number of hydrogen-bond acceptors (Lipinski definition) is 4. The molecule has 1 aliphatic heterocycles. The van der Waals surface area contributed by atoms with Crippen LogP contribution in [0.5, 0.6) is 0 Å². The van der Waals surface area contributed by atoms with Gasteiger partial charge in [-0.15, -0.1) is 0 Å². The van der Waals surface area contributed by atoms with E-state index in [0.29, 0.717) is 11.7 Å². The van der Waals surface area contributed by atoms with Crippen molar-refractivity contribution in [2.24, 2.45) is 5.92 Å². The van der Waals surface area contributed by atoms with Crippen molar-refractivity contribution in [1.82, 2.24) is 15.0 Å². The fourth-order valence-electron chi connectivity index (χ4n) is 3.99. The Morgan fingerprint density at radius 3 is 2.86 bits per heavy atom. The molecule has 2 heterocycles. The number of aromatic nitrogens is 1. The molecule has 0 saturated carbocycles. The second kappa shape index (κ2) is 9.37. The second-order valence-electron chi connectivity index (χ2n) is 8.44. The Hall–Kier alpha value is -2.14. The van der Waals surface area contributed by atoms with E-state index in [1.54, 1.807) is 11.0 Å². The highest BCUT2D eigenvalue weighted by Gasteiger charge is 2.25. The van der Waals surface area contributed by atoms with Gasteiger partial charge in [-0.05, 0) is 55.7 Å². The number of hydrogen-bond donors (Lipinski definition) is 0. The van der Waals surface area contributed by atoms with Crippen molar-refractivity contribution in [3.05, 3.63) is 52.9 Å². The molecule has 3 rings (SSSR count). The number of rotatable bonds is 7. The van der Waals surface area contributed by atoms with Gasteiger partial charge >= 0.3 is 0 Å². The second-order valence-corrected chi connectivity index (χ2v) is 8.44. The van der Waals surface area contributed by atoms with Gasteiger partial charge in [-0.25, -0.2) is 0 Å². The Balaban J connectivity index is 1.51. The maximum Gasteiger partial charge on any atom is 0.292 e. The summed E-state index contributed by atoms with van der Waals surface area (Å²) in [4.78, 5) is 17.0. The van der Waals surface area contributed by atoms with Crippen LogP contribution in [0.1, 0.15) is 60.0 Å². The average Bonchev–Trinajstić information content (AvgIpc) is 3.17. The van der Waals surface area contributed by atoms with Gasteiger partial charge in [0, 0.05) is 32.7 Å². The zero-order chi connectivity index (χ0) is 20.1. The molecule has 1 saturated heterocycles. The molecule has 1 aromatic carbocycles. The fourth-order valence-corrected chi connectivity index (χ4v) is 3.99. The lowest BCUT2D eigenvalue weighted by Gasteiger charge is -2.34. The number of piperidine rings is 1. The van der Waals surface area contributed by atoms with Crippen molar-refractivity contribution in [3.8, 4) is 0 Å². The number of aryl methyl sites for hydroxylation is 1. The van der Waals surface area contributed by atoms with E-state index in [1.165, 1.54) is 24.0 Å². The standard InChI is InChI=1S/C23H33N3O2/c1-17(2)21-14-22(28-24-21)23(27)25(4)15-19-9-7-12-26(16-19)13-11-20-10-6-5-8-18(20)3/h5-6,8,10,14,17,19H,7,9,11-13,15-16H2,1-4H3. The minimum absolute atomic E-state index is 0.0727. The summed E-state index contributed by atoms with van der Waals surface area (Å²) in [5.74, 6) is 1.04. The van der Waals surface area contributed by atoms with Crippen LogP contribution in [0.3, 0.4) is 0 Å². The van der Waals surface area contributed by atoms with Crippen LogP contribution in [-0.4, -0.2) is 54.1 Å². The smallest absolute Gasteiger partial charge is 0.292 e. The van der Waals surface area contributed by atoms with Crippen LogP contribution in [0.2, 0.25) is 0 Å². The summed E-state index contributed by atoms with van der Waals surface area (Å²) >= 11 is 0. The third kappa shape index (κ3) is 5.22. The van der Waals surface area contributed by atoms with Crippen molar-refractivity contribution in [3.63, 3.8) is 0 Å². The van der Waals surface area contributed by atoms with Crippen molar-refractivity contribution in [2.45, 2.75) is 46.0 Å². The summed E-state index contributed by atoms with van der Waals surface area (Å²) in [6.07, 6.45) is 3.45. The predicted molar refractivity (Wildman–Crippen MR) is 112 cm³/mol. The van der Waals surface area contributed by atoms with Gasteiger partial charge in [0.1, 0.15) is 0 Å². The number of nitrogens with zero attached hydrogens (tertiary/aromatic N) is 3. The van der Waals surface area contributed by atoms with E-state index < -0.39 is 0 Å². The van der Waals surface area contributed by atoms with Crippen molar-refractivity contribution in [2.75, 3.05) is 33.2 Å². The molecule has 0 aliphatic carbocycles. The molecule has 1 amide bonds. The molecular formula is C23H33N3O2. The van der Waals surface area contributed by atoms with Gasteiger partial charge in [-0.2, -0.15) is 0 Å². The third-order valence-corrected chi connectivity index (χ3v) is 5.77. The maximum absolute atomic E-state index is 12.7. The number of amides is 1. The molecule has 0 radical (unpaired) electrons. The number of carbonyl (C=O) groups is 1. The summed E-state index contributed by atoms with van der Waals surface area (Å²) in [5.41, 5.74) is 3.63. The SMILES string of the molecule is Cc1ccccc1CCN1CCCC(CN(C)C(=O)c2cc(C(C)C)no2)C1. The average molecular weight is 384 g/mol. The maximum atomic E-state index is 12.7. The Kier molecular flexibility index (Phi) is 6.89. The highest BCUT2D eigenvalue weighted by Crippen LogP contribution is 2.20. The van der Waals surface area contributed by atoms with Gasteiger partial charge in [0.15, 0.2) is 0 Å². The summed E-state index contributed by atoms with van der Waals surface area (Å²) in [7, 11) is 1.87. The first-order chi connectivity index (χ1) is 13.4. The summed E-state index contributed by atoms with van der Waals surface area (Å²) < 4.78 is 5.27. The number of benzene rings is 1. The van der Waals surface area contributed by atoms with Gasteiger partial charge in [-0.3, -0.25) is 4.79 Å². The number of likely N-dealkylation sites (tertiary alicyclic amines) is 1. The first-order valence-corrected chi connectivity index (χ1v) is 10.4. The van der Waals surface area contributed by atoms with Crippen LogP contribution in [-0.2, 0) is 6.42 Å². The summed E-state index contributed by atoms with van der Waals surface area (Å²) in [6.45, 7) is 10.3. The lowest BCUT2D eigenvalue weighted by molar-refractivity contribution is 0.0690. The first-order valence-electron chi connectivity index (χ1n) is 10.4. The third-order valence-electron chi connectivity index (χ3n) is 5.77. The Bertz CT molecular complexity index is 784. The van der Waals surface area contributed by atoms with Gasteiger partial charge in [0.25, 0.3) is 5.91 Å². The molecule has 1 unspecified atom stereocenters. The lowest BCUT2D eigenvalue weighted by atomic mass is 9.96. The predicted octanol–water partition coefficient (Wildman–Crippen LogP) is 4.13. The van der Waals surface area contributed by atoms with Crippen LogP contribution < -0.4 is 0 Å².